The second-order valence-electron chi connectivity index (χ2n) is 16.6. The Kier molecular flexibility index (Phi) is 16.0. The minimum atomic E-state index is -4.34. The molecule has 2 fully saturated rings. The van der Waals surface area contributed by atoms with Crippen LogP contribution in [0.3, 0.4) is 0 Å². The molecule has 2 saturated heterocycles. The van der Waals surface area contributed by atoms with E-state index < -0.39 is 60.4 Å². The summed E-state index contributed by atoms with van der Waals surface area (Å²) in [5.41, 5.74) is 2.20. The number of carbonyl (C=O) groups is 2. The van der Waals surface area contributed by atoms with Crippen LogP contribution in [0.1, 0.15) is 80.6 Å². The van der Waals surface area contributed by atoms with Crippen molar-refractivity contribution in [1.29, 1.82) is 0 Å². The van der Waals surface area contributed by atoms with Crippen molar-refractivity contribution in [3.8, 4) is 0 Å². The number of nitrogens with one attached hydrogen (secondary N) is 2. The van der Waals surface area contributed by atoms with Gasteiger partial charge in [0, 0.05) is 24.0 Å². The van der Waals surface area contributed by atoms with Gasteiger partial charge in [-0.1, -0.05) is 36.4 Å². The molecule has 6 aromatic rings. The van der Waals surface area contributed by atoms with Crippen LogP contribution < -0.4 is 10.6 Å². The highest BCUT2D eigenvalue weighted by Crippen LogP contribution is 2.58. The van der Waals surface area contributed by atoms with Gasteiger partial charge < -0.3 is 34.4 Å². The summed E-state index contributed by atoms with van der Waals surface area (Å²) < 4.78 is 79.8. The molecule has 1 unspecified atom stereocenters. The maximum Gasteiger partial charge on any atom is 0.371 e. The fourth-order valence-corrected chi connectivity index (χ4v) is 11.3. The molecule has 2 aliphatic heterocycles. The fraction of sp³-hybridized carbons (Fsp3) is 0.444. The zero-order valence-electron chi connectivity index (χ0n) is 39.0. The molecule has 2 amide bonds. The molecule has 0 saturated carbocycles. The second-order valence-corrected chi connectivity index (χ2v) is 20.7. The minimum Gasteiger partial charge on any atom is -0.376 e. The molecular formula is C45H53N12O11PS. The Morgan fingerprint density at radius 1 is 0.771 bits per heavy atom. The molecule has 70 heavy (non-hydrogen) atoms. The number of amides is 2. The fourth-order valence-electron chi connectivity index (χ4n) is 7.70. The minimum absolute atomic E-state index is 0.0131. The van der Waals surface area contributed by atoms with E-state index >= 15 is 0 Å². The largest absolute Gasteiger partial charge is 0.376 e. The van der Waals surface area contributed by atoms with Gasteiger partial charge in [-0.3, -0.25) is 32.3 Å². The molecule has 2 aromatic carbocycles. The van der Waals surface area contributed by atoms with E-state index in [-0.39, 0.29) is 74.9 Å². The average molecular weight is 1000 g/mol. The van der Waals surface area contributed by atoms with Gasteiger partial charge in [-0.05, 0) is 58.9 Å². The molecule has 2 aliphatic rings. The van der Waals surface area contributed by atoms with Crippen LogP contribution in [0.5, 0.6) is 0 Å². The van der Waals surface area contributed by atoms with Gasteiger partial charge in [0.15, 0.2) is 34.0 Å². The van der Waals surface area contributed by atoms with Gasteiger partial charge in [0.2, 0.25) is 6.54 Å². The lowest BCUT2D eigenvalue weighted by atomic mass is 10.2. The van der Waals surface area contributed by atoms with Gasteiger partial charge in [-0.15, -0.1) is 4.15 Å². The van der Waals surface area contributed by atoms with Crippen LogP contribution in [0.4, 0.5) is 11.6 Å². The van der Waals surface area contributed by atoms with Gasteiger partial charge >= 0.3 is 7.74 Å². The van der Waals surface area contributed by atoms with Gasteiger partial charge in [0.25, 0.3) is 21.8 Å². The van der Waals surface area contributed by atoms with E-state index in [2.05, 4.69) is 49.5 Å². The maximum absolute atomic E-state index is 13.6. The first-order valence-corrected chi connectivity index (χ1v) is 25.7. The third-order valence-corrected chi connectivity index (χ3v) is 15.0. The Balaban J connectivity index is 1.07. The average Bonchev–Trinajstić information content (AvgIpc) is 4.16. The van der Waals surface area contributed by atoms with Crippen LogP contribution in [0.15, 0.2) is 90.1 Å². The van der Waals surface area contributed by atoms with E-state index in [9.17, 15) is 18.0 Å². The van der Waals surface area contributed by atoms with E-state index in [1.807, 2.05) is 33.8 Å². The number of fused-ring (bicyclic) bond motifs is 2. The first-order chi connectivity index (χ1) is 33.7. The first kappa shape index (κ1) is 50.3. The molecular weight excluding hydrogens is 948 g/mol. The standard InChI is InChI=1S/C45H53N12O11PS/c1-7-70(60,61)55-69(63-19-18-46-6,64-23-35-32(65-29(4)5)20-36(67-35)56-26-51-38-40(47-24-49-42(38)56)53-44(58)30-14-10-8-11-15-30)68-33-21-37(66-34(33)22-62-28(2)3)57-27-52-39-41(48-25-50-43(39)57)54-45(59)31-16-12-9-13-17-31/h8-17,24-29,32-37H,7,18-23H2,1-5H3,(H,47,49,53,58)(H,48,50,54,59)/t32-,33-,34-,35-,36-,37-,69?/m1/s1. The lowest BCUT2D eigenvalue weighted by molar-refractivity contribution is -0.0807. The maximum atomic E-state index is 13.6. The molecule has 25 heteroatoms. The van der Waals surface area contributed by atoms with E-state index in [1.165, 1.54) is 32.2 Å². The summed E-state index contributed by atoms with van der Waals surface area (Å²) in [6.45, 7) is 15.6. The SMILES string of the molecule is [C-]#[N+]CCOP(=NS(=O)(=O)CC)(OC[C@H]1O[C@@H](n2cnc3c(NC(=O)c4ccccc4)ncnc32)C[C@H]1OC(C)C)O[C@@H]1C[C@H](n2cnc3c(NC(=O)c4ccccc4)ncnc32)O[C@@H]1COC(C)C. The van der Waals surface area contributed by atoms with E-state index in [1.54, 1.807) is 63.7 Å². The monoisotopic (exact) mass is 1000 g/mol. The molecule has 0 spiro atoms. The highest BCUT2D eigenvalue weighted by Gasteiger charge is 2.46. The number of anilines is 2. The molecule has 2 N–H and O–H groups in total. The number of carbonyl (C=O) groups excluding carboxylic acids is 2. The Hall–Kier alpha value is -6.13. The zero-order chi connectivity index (χ0) is 49.4. The predicted molar refractivity (Wildman–Crippen MR) is 255 cm³/mol. The third kappa shape index (κ3) is 11.9. The van der Waals surface area contributed by atoms with E-state index in [4.69, 9.17) is 39.1 Å². The van der Waals surface area contributed by atoms with Crippen molar-refractivity contribution >= 4 is 63.5 Å². The van der Waals surface area contributed by atoms with Crippen LogP contribution in [-0.4, -0.2) is 128 Å². The molecule has 370 valence electrons. The number of ether oxygens (including phenoxy) is 4. The zero-order valence-corrected chi connectivity index (χ0v) is 40.7. The van der Waals surface area contributed by atoms with Crippen molar-refractivity contribution in [3.63, 3.8) is 0 Å². The third-order valence-electron chi connectivity index (χ3n) is 11.0. The van der Waals surface area contributed by atoms with Crippen LogP contribution >= 0.6 is 7.74 Å². The Labute approximate surface area is 403 Å². The summed E-state index contributed by atoms with van der Waals surface area (Å²) in [6.07, 6.45) is 0.743. The topological polar surface area (TPSA) is 261 Å². The van der Waals surface area contributed by atoms with E-state index in [0.717, 1.165) is 0 Å². The predicted octanol–water partition coefficient (Wildman–Crippen LogP) is 6.60. The van der Waals surface area contributed by atoms with Gasteiger partial charge in [-0.2, -0.15) is 0 Å². The van der Waals surface area contributed by atoms with Crippen molar-refractivity contribution in [3.05, 3.63) is 109 Å². The van der Waals surface area contributed by atoms with Crippen molar-refractivity contribution in [2.24, 2.45) is 4.15 Å². The molecule has 0 aliphatic carbocycles. The molecule has 0 radical (unpaired) electrons. The molecule has 23 nitrogen and oxygen atoms in total. The summed E-state index contributed by atoms with van der Waals surface area (Å²) in [6, 6.07) is 17.3. The summed E-state index contributed by atoms with van der Waals surface area (Å²) in [7, 11) is -8.58. The normalized spacial score (nSPS) is 21.3. The number of aromatic nitrogens is 8. The number of hydrogen-bond acceptors (Lipinski definition) is 17. The smallest absolute Gasteiger partial charge is 0.371 e. The van der Waals surface area contributed by atoms with Crippen LogP contribution in [0, 0.1) is 6.57 Å². The quantitative estimate of drug-likeness (QED) is 0.0437. The molecule has 0 bridgehead atoms. The van der Waals surface area contributed by atoms with E-state index in [0.29, 0.717) is 33.5 Å². The van der Waals surface area contributed by atoms with Crippen molar-refractivity contribution in [2.75, 3.05) is 42.8 Å². The second kappa shape index (κ2) is 22.3. The lowest BCUT2D eigenvalue weighted by Crippen LogP contribution is -2.33. The summed E-state index contributed by atoms with van der Waals surface area (Å²) in [5.74, 6) is -0.788. The highest BCUT2D eigenvalue weighted by atomic mass is 32.2. The summed E-state index contributed by atoms with van der Waals surface area (Å²) >= 11 is 0. The first-order valence-electron chi connectivity index (χ1n) is 22.6. The van der Waals surface area contributed by atoms with Gasteiger partial charge in [-0.25, -0.2) is 44.9 Å². The van der Waals surface area contributed by atoms with Gasteiger partial charge in [0.1, 0.15) is 50.0 Å². The van der Waals surface area contributed by atoms with Crippen LogP contribution in [0.25, 0.3) is 27.2 Å². The number of sulfonamides is 1. The van der Waals surface area contributed by atoms with Crippen LogP contribution in [0.2, 0.25) is 0 Å². The van der Waals surface area contributed by atoms with Crippen molar-refractivity contribution in [2.45, 2.75) is 96.5 Å². The molecule has 4 aromatic heterocycles. The Morgan fingerprint density at radius 2 is 1.30 bits per heavy atom. The number of hydrogen-bond donors (Lipinski definition) is 2. The van der Waals surface area contributed by atoms with Crippen molar-refractivity contribution < 1.29 is 50.5 Å². The lowest BCUT2D eigenvalue weighted by Gasteiger charge is -2.29. The number of imidazole rings is 2. The van der Waals surface area contributed by atoms with Crippen molar-refractivity contribution in [1.82, 2.24) is 39.0 Å². The molecule has 8 rings (SSSR count). The number of nitrogens with zero attached hydrogens (tertiary/aromatic N) is 10. The number of rotatable bonds is 21. The Morgan fingerprint density at radius 3 is 1.80 bits per heavy atom. The van der Waals surface area contributed by atoms with Gasteiger partial charge in [0.05, 0.1) is 49.9 Å². The number of benzene rings is 2. The highest BCUT2D eigenvalue weighted by molar-refractivity contribution is 7.93. The molecule has 7 atom stereocenters. The summed E-state index contributed by atoms with van der Waals surface area (Å²) in [4.78, 5) is 56.1. The summed E-state index contributed by atoms with van der Waals surface area (Å²) in [5, 5.41) is 5.62. The molecule has 6 heterocycles. The Bertz CT molecular complexity index is 2990. The van der Waals surface area contributed by atoms with Crippen LogP contribution in [-0.2, 0) is 42.5 Å².